The Morgan fingerprint density at radius 2 is 1.61 bits per heavy atom. The number of nitrogens with one attached hydrogen (secondary N) is 1. The number of ether oxygens (including phenoxy) is 1. The first kappa shape index (κ1) is 26.9. The lowest BCUT2D eigenvalue weighted by Crippen LogP contribution is -2.55. The molecule has 0 aliphatic rings. The molecule has 1 atom stereocenters. The van der Waals surface area contributed by atoms with E-state index in [0.717, 1.165) is 16.7 Å². The smallest absolute Gasteiger partial charge is 0.261 e. The second-order valence-corrected chi connectivity index (χ2v) is 10.0. The highest BCUT2D eigenvalue weighted by Crippen LogP contribution is 2.22. The van der Waals surface area contributed by atoms with Gasteiger partial charge >= 0.3 is 0 Å². The average molecular weight is 491 g/mol. The summed E-state index contributed by atoms with van der Waals surface area (Å²) in [6, 6.07) is 20.6. The van der Waals surface area contributed by atoms with Crippen molar-refractivity contribution < 1.29 is 18.7 Å². The van der Waals surface area contributed by atoms with Crippen LogP contribution in [-0.4, -0.2) is 34.9 Å². The minimum Gasteiger partial charge on any atom is -0.483 e. The van der Waals surface area contributed by atoms with Gasteiger partial charge in [0.2, 0.25) is 5.91 Å². The zero-order valence-corrected chi connectivity index (χ0v) is 21.7. The van der Waals surface area contributed by atoms with Crippen LogP contribution < -0.4 is 10.1 Å². The number of amides is 2. The number of nitrogens with zero attached hydrogens (tertiary/aromatic N) is 1. The van der Waals surface area contributed by atoms with E-state index < -0.39 is 23.3 Å². The maximum absolute atomic E-state index is 14.7. The molecule has 0 bridgehead atoms. The molecular weight excluding hydrogens is 455 g/mol. The Hall–Kier alpha value is -3.67. The van der Waals surface area contributed by atoms with E-state index in [1.807, 2.05) is 83.1 Å². The fraction of sp³-hybridized carbons (Fsp3) is 0.333. The van der Waals surface area contributed by atoms with E-state index in [-0.39, 0.29) is 25.5 Å². The zero-order chi connectivity index (χ0) is 26.3. The van der Waals surface area contributed by atoms with Crippen LogP contribution in [0.25, 0.3) is 0 Å². The number of carbonyl (C=O) groups excluding carboxylic acids is 2. The number of rotatable bonds is 9. The average Bonchev–Trinajstić information content (AvgIpc) is 2.82. The molecule has 0 spiro atoms. The summed E-state index contributed by atoms with van der Waals surface area (Å²) >= 11 is 0. The van der Waals surface area contributed by atoms with Crippen molar-refractivity contribution in [2.24, 2.45) is 0 Å². The predicted molar refractivity (Wildman–Crippen MR) is 140 cm³/mol. The Kier molecular flexibility index (Phi) is 8.86. The summed E-state index contributed by atoms with van der Waals surface area (Å²) in [5.74, 6) is -0.527. The second-order valence-electron chi connectivity index (χ2n) is 10.0. The molecule has 0 aliphatic carbocycles. The minimum absolute atomic E-state index is 0.0588. The lowest BCUT2D eigenvalue weighted by Gasteiger charge is -2.34. The van der Waals surface area contributed by atoms with Gasteiger partial charge in [-0.05, 0) is 63.4 Å². The number of hydrogen-bond donors (Lipinski definition) is 1. The summed E-state index contributed by atoms with van der Waals surface area (Å²) in [6.07, 6.45) is 0.284. The molecule has 0 aromatic heterocycles. The third kappa shape index (κ3) is 7.41. The van der Waals surface area contributed by atoms with E-state index in [1.54, 1.807) is 18.2 Å². The lowest BCUT2D eigenvalue weighted by molar-refractivity contribution is -0.143. The van der Waals surface area contributed by atoms with Crippen molar-refractivity contribution in [1.82, 2.24) is 10.2 Å². The Labute approximate surface area is 213 Å². The lowest BCUT2D eigenvalue weighted by atomic mass is 10.0. The third-order valence-corrected chi connectivity index (χ3v) is 5.97. The van der Waals surface area contributed by atoms with Gasteiger partial charge in [0.1, 0.15) is 17.6 Å². The summed E-state index contributed by atoms with van der Waals surface area (Å²) in [6.45, 7) is 9.23. The Morgan fingerprint density at radius 1 is 0.944 bits per heavy atom. The molecule has 6 heteroatoms. The largest absolute Gasteiger partial charge is 0.483 e. The topological polar surface area (TPSA) is 58.6 Å². The number of aryl methyl sites for hydroxylation is 1. The van der Waals surface area contributed by atoms with Crippen LogP contribution in [-0.2, 0) is 22.6 Å². The maximum atomic E-state index is 14.7. The van der Waals surface area contributed by atoms with Crippen LogP contribution >= 0.6 is 0 Å². The van der Waals surface area contributed by atoms with Gasteiger partial charge in [0, 0.05) is 24.1 Å². The summed E-state index contributed by atoms with van der Waals surface area (Å²) < 4.78 is 20.5. The van der Waals surface area contributed by atoms with Crippen molar-refractivity contribution in [3.8, 4) is 5.75 Å². The normalized spacial score (nSPS) is 12.1. The molecular formula is C30H35FN2O3. The molecule has 36 heavy (non-hydrogen) atoms. The molecule has 0 fully saturated rings. The fourth-order valence-corrected chi connectivity index (χ4v) is 3.92. The summed E-state index contributed by atoms with van der Waals surface area (Å²) in [4.78, 5) is 28.6. The molecule has 3 aromatic carbocycles. The first-order valence-corrected chi connectivity index (χ1v) is 12.1. The first-order chi connectivity index (χ1) is 17.0. The van der Waals surface area contributed by atoms with Crippen molar-refractivity contribution in [2.45, 2.75) is 59.2 Å². The van der Waals surface area contributed by atoms with Crippen LogP contribution in [0.15, 0.2) is 72.8 Å². The highest BCUT2D eigenvalue weighted by Gasteiger charge is 2.33. The Bertz CT molecular complexity index is 1190. The number of hydrogen-bond acceptors (Lipinski definition) is 3. The standard InChI is InChI=1S/C30H35FN2O3/c1-21-12-11-17-27(22(21)2)36-20-28(34)33(19-24-15-9-10-16-25(24)31)26(29(35)32-30(3,4)5)18-23-13-7-6-8-14-23/h6-17,26H,18-20H2,1-5H3,(H,32,35)/t26-/m1/s1. The molecule has 0 heterocycles. The maximum Gasteiger partial charge on any atom is 0.261 e. The molecule has 0 radical (unpaired) electrons. The minimum atomic E-state index is -0.860. The quantitative estimate of drug-likeness (QED) is 0.438. The summed E-state index contributed by atoms with van der Waals surface area (Å²) in [7, 11) is 0. The zero-order valence-electron chi connectivity index (χ0n) is 21.7. The number of halogens is 1. The van der Waals surface area contributed by atoms with E-state index in [0.29, 0.717) is 11.3 Å². The summed E-state index contributed by atoms with van der Waals surface area (Å²) in [5, 5.41) is 3.00. The van der Waals surface area contributed by atoms with Crippen molar-refractivity contribution in [2.75, 3.05) is 6.61 Å². The van der Waals surface area contributed by atoms with Crippen molar-refractivity contribution >= 4 is 11.8 Å². The van der Waals surface area contributed by atoms with Gasteiger partial charge in [0.05, 0.1) is 0 Å². The first-order valence-electron chi connectivity index (χ1n) is 12.1. The van der Waals surface area contributed by atoms with E-state index in [2.05, 4.69) is 5.32 Å². The molecule has 3 rings (SSSR count). The SMILES string of the molecule is Cc1cccc(OCC(=O)N(Cc2ccccc2F)[C@H](Cc2ccccc2)C(=O)NC(C)(C)C)c1C. The van der Waals surface area contributed by atoms with E-state index in [4.69, 9.17) is 4.74 Å². The van der Waals surface area contributed by atoms with Gasteiger partial charge in [-0.1, -0.05) is 60.7 Å². The fourth-order valence-electron chi connectivity index (χ4n) is 3.92. The van der Waals surface area contributed by atoms with Gasteiger partial charge in [-0.3, -0.25) is 9.59 Å². The molecule has 0 saturated carbocycles. The monoisotopic (exact) mass is 490 g/mol. The third-order valence-electron chi connectivity index (χ3n) is 5.97. The van der Waals surface area contributed by atoms with Gasteiger partial charge in [-0.15, -0.1) is 0 Å². The van der Waals surface area contributed by atoms with Gasteiger partial charge in [-0.2, -0.15) is 0 Å². The molecule has 190 valence electrons. The molecule has 2 amide bonds. The van der Waals surface area contributed by atoms with Gasteiger partial charge in [0.25, 0.3) is 5.91 Å². The van der Waals surface area contributed by atoms with Gasteiger partial charge in [0.15, 0.2) is 6.61 Å². The van der Waals surface area contributed by atoms with Crippen LogP contribution in [0, 0.1) is 19.7 Å². The van der Waals surface area contributed by atoms with Gasteiger partial charge in [-0.25, -0.2) is 4.39 Å². The molecule has 5 nitrogen and oxygen atoms in total. The van der Waals surface area contributed by atoms with E-state index in [1.165, 1.54) is 11.0 Å². The highest BCUT2D eigenvalue weighted by molar-refractivity contribution is 5.89. The van der Waals surface area contributed by atoms with Crippen molar-refractivity contribution in [3.63, 3.8) is 0 Å². The molecule has 0 unspecified atom stereocenters. The van der Waals surface area contributed by atoms with E-state index >= 15 is 0 Å². The number of benzene rings is 3. The van der Waals surface area contributed by atoms with Crippen LogP contribution in [0.5, 0.6) is 5.75 Å². The Morgan fingerprint density at radius 3 is 2.28 bits per heavy atom. The molecule has 0 saturated heterocycles. The highest BCUT2D eigenvalue weighted by atomic mass is 19.1. The van der Waals surface area contributed by atoms with Crippen LogP contribution in [0.2, 0.25) is 0 Å². The van der Waals surface area contributed by atoms with Crippen LogP contribution in [0.4, 0.5) is 4.39 Å². The summed E-state index contributed by atoms with van der Waals surface area (Å²) in [5.41, 5.74) is 2.72. The molecule has 1 N–H and O–H groups in total. The Balaban J connectivity index is 1.96. The van der Waals surface area contributed by atoms with Crippen molar-refractivity contribution in [1.29, 1.82) is 0 Å². The predicted octanol–water partition coefficient (Wildman–Crippen LogP) is 5.38. The van der Waals surface area contributed by atoms with E-state index in [9.17, 15) is 14.0 Å². The molecule has 3 aromatic rings. The van der Waals surface area contributed by atoms with Gasteiger partial charge < -0.3 is 15.0 Å². The number of carbonyl (C=O) groups is 2. The van der Waals surface area contributed by atoms with Crippen LogP contribution in [0.3, 0.4) is 0 Å². The molecule has 0 aliphatic heterocycles. The second kappa shape index (κ2) is 11.8. The van der Waals surface area contributed by atoms with Crippen molar-refractivity contribution in [3.05, 3.63) is 101 Å². The van der Waals surface area contributed by atoms with Crippen LogP contribution in [0.1, 0.15) is 43.0 Å².